The Balaban J connectivity index is 1.47. The van der Waals surface area contributed by atoms with E-state index in [1.807, 2.05) is 35.8 Å². The van der Waals surface area contributed by atoms with Crippen molar-refractivity contribution >= 4 is 28.8 Å². The summed E-state index contributed by atoms with van der Waals surface area (Å²) in [6.07, 6.45) is 1.76. The summed E-state index contributed by atoms with van der Waals surface area (Å²) in [5.41, 5.74) is 3.82. The average Bonchev–Trinajstić information content (AvgIpc) is 2.95. The number of halogens is 1. The van der Waals surface area contributed by atoms with Crippen molar-refractivity contribution in [3.05, 3.63) is 98.7 Å². The van der Waals surface area contributed by atoms with Gasteiger partial charge in [0, 0.05) is 43.6 Å². The van der Waals surface area contributed by atoms with Gasteiger partial charge in [-0.2, -0.15) is 5.26 Å². The molecule has 204 valence electrons. The quantitative estimate of drug-likeness (QED) is 0.367. The van der Waals surface area contributed by atoms with Crippen molar-refractivity contribution in [2.45, 2.75) is 26.8 Å². The van der Waals surface area contributed by atoms with Crippen molar-refractivity contribution in [1.29, 1.82) is 5.26 Å². The van der Waals surface area contributed by atoms with Gasteiger partial charge in [-0.25, -0.2) is 14.2 Å². The minimum atomic E-state index is -1.03. The molecule has 5 rings (SSSR count). The van der Waals surface area contributed by atoms with Gasteiger partial charge in [-0.1, -0.05) is 12.1 Å². The molecule has 0 bridgehead atoms. The Morgan fingerprint density at radius 3 is 2.48 bits per heavy atom. The number of hydrogen-bond donors (Lipinski definition) is 2. The molecule has 0 aliphatic carbocycles. The van der Waals surface area contributed by atoms with E-state index in [1.165, 1.54) is 6.07 Å². The standard InChI is InChI=1S/C30H29FN6O3/c1-18-14-23(20(3)33-25-7-5-4-6-22(25)30(39)40)28-34-27(19(2)29(38)37(28)17-18)36-12-10-35(11-13-36)26-9-8-21(16-32)15-24(26)31/h4-9,14-15,17,20,33H,10-13H2,1-3H3,(H,39,40)/t20-/m1/s1. The van der Waals surface area contributed by atoms with E-state index < -0.39 is 11.8 Å². The zero-order chi connectivity index (χ0) is 28.6. The van der Waals surface area contributed by atoms with Crippen LogP contribution in [-0.2, 0) is 0 Å². The van der Waals surface area contributed by atoms with E-state index in [2.05, 4.69) is 5.32 Å². The third-order valence-electron chi connectivity index (χ3n) is 7.28. The Morgan fingerprint density at radius 2 is 1.80 bits per heavy atom. The van der Waals surface area contributed by atoms with Gasteiger partial charge in [0.2, 0.25) is 0 Å². The van der Waals surface area contributed by atoms with Gasteiger partial charge in [-0.15, -0.1) is 0 Å². The fourth-order valence-electron chi connectivity index (χ4n) is 5.21. The van der Waals surface area contributed by atoms with Crippen LogP contribution in [0.4, 0.5) is 21.6 Å². The SMILES string of the molecule is Cc1cc([C@@H](C)Nc2ccccc2C(=O)O)c2nc(N3CCN(c4ccc(C#N)cc4F)CC3)c(C)c(=O)n2c1. The van der Waals surface area contributed by atoms with Crippen LogP contribution >= 0.6 is 0 Å². The number of carboxylic acids is 1. The monoisotopic (exact) mass is 540 g/mol. The Morgan fingerprint density at radius 1 is 1.10 bits per heavy atom. The number of rotatable bonds is 6. The van der Waals surface area contributed by atoms with Gasteiger partial charge in [-0.05, 0) is 62.7 Å². The highest BCUT2D eigenvalue weighted by Crippen LogP contribution is 2.28. The number of aromatic carboxylic acids is 1. The van der Waals surface area contributed by atoms with Crippen LogP contribution in [-0.4, -0.2) is 46.6 Å². The number of fused-ring (bicyclic) bond motifs is 1. The number of aromatic nitrogens is 2. The van der Waals surface area contributed by atoms with Gasteiger partial charge >= 0.3 is 5.97 Å². The first kappa shape index (κ1) is 26.7. The number of nitrogens with one attached hydrogen (secondary N) is 1. The van der Waals surface area contributed by atoms with Crippen LogP contribution in [0.25, 0.3) is 5.65 Å². The maximum atomic E-state index is 14.6. The average molecular weight is 541 g/mol. The van der Waals surface area contributed by atoms with E-state index in [0.29, 0.717) is 54.6 Å². The number of carbonyl (C=O) groups is 1. The van der Waals surface area contributed by atoms with Crippen molar-refractivity contribution in [1.82, 2.24) is 9.38 Å². The molecule has 2 aromatic heterocycles. The van der Waals surface area contributed by atoms with E-state index >= 15 is 0 Å². The van der Waals surface area contributed by atoms with Crippen LogP contribution in [0.15, 0.2) is 59.5 Å². The predicted octanol–water partition coefficient (Wildman–Crippen LogP) is 4.52. The number of benzene rings is 2. The molecule has 0 saturated carbocycles. The summed E-state index contributed by atoms with van der Waals surface area (Å²) in [4.78, 5) is 34.2. The number of hydrogen-bond acceptors (Lipinski definition) is 7. The van der Waals surface area contributed by atoms with Gasteiger partial charge in [0.15, 0.2) is 0 Å². The lowest BCUT2D eigenvalue weighted by Gasteiger charge is -2.37. The molecule has 40 heavy (non-hydrogen) atoms. The molecule has 1 atom stereocenters. The lowest BCUT2D eigenvalue weighted by Crippen LogP contribution is -2.48. The Labute approximate surface area is 230 Å². The van der Waals surface area contributed by atoms with E-state index in [0.717, 1.165) is 11.1 Å². The van der Waals surface area contributed by atoms with E-state index in [4.69, 9.17) is 10.2 Å². The predicted molar refractivity (Wildman–Crippen MR) is 152 cm³/mol. The van der Waals surface area contributed by atoms with E-state index in [1.54, 1.807) is 53.9 Å². The molecule has 0 unspecified atom stereocenters. The summed E-state index contributed by atoms with van der Waals surface area (Å²) >= 11 is 0. The van der Waals surface area contributed by atoms with Crippen LogP contribution in [0.1, 0.15) is 45.6 Å². The summed E-state index contributed by atoms with van der Waals surface area (Å²) < 4.78 is 16.2. The van der Waals surface area contributed by atoms with E-state index in [9.17, 15) is 19.1 Å². The lowest BCUT2D eigenvalue weighted by atomic mass is 10.1. The molecule has 3 heterocycles. The molecular formula is C30H29FN6O3. The lowest BCUT2D eigenvalue weighted by molar-refractivity contribution is 0.0698. The Kier molecular flexibility index (Phi) is 7.13. The van der Waals surface area contributed by atoms with Gasteiger partial charge in [0.05, 0.1) is 34.5 Å². The molecule has 0 spiro atoms. The maximum Gasteiger partial charge on any atom is 0.337 e. The molecule has 1 aliphatic rings. The zero-order valence-corrected chi connectivity index (χ0v) is 22.5. The van der Waals surface area contributed by atoms with Crippen molar-refractivity contribution in [2.24, 2.45) is 0 Å². The fraction of sp³-hybridized carbons (Fsp3) is 0.267. The van der Waals surface area contributed by atoms with Gasteiger partial charge in [0.25, 0.3) is 5.56 Å². The van der Waals surface area contributed by atoms with Crippen LogP contribution in [0.3, 0.4) is 0 Å². The summed E-state index contributed by atoms with van der Waals surface area (Å²) in [5.74, 6) is -0.887. The molecule has 1 fully saturated rings. The first-order chi connectivity index (χ1) is 19.2. The highest BCUT2D eigenvalue weighted by Gasteiger charge is 2.25. The second-order valence-electron chi connectivity index (χ2n) is 10.0. The molecule has 0 amide bonds. The number of carboxylic acid groups (broad SMARTS) is 1. The topological polar surface area (TPSA) is 114 Å². The summed E-state index contributed by atoms with van der Waals surface area (Å²) in [7, 11) is 0. The zero-order valence-electron chi connectivity index (χ0n) is 22.5. The number of nitriles is 1. The van der Waals surface area contributed by atoms with Gasteiger partial charge in [0.1, 0.15) is 17.3 Å². The number of pyridine rings is 1. The van der Waals surface area contributed by atoms with Crippen molar-refractivity contribution in [2.75, 3.05) is 41.3 Å². The number of aryl methyl sites for hydroxylation is 1. The van der Waals surface area contributed by atoms with Gasteiger partial charge in [-0.3, -0.25) is 9.20 Å². The van der Waals surface area contributed by atoms with Crippen LogP contribution < -0.4 is 20.7 Å². The highest BCUT2D eigenvalue weighted by atomic mass is 19.1. The molecule has 2 N–H and O–H groups in total. The van der Waals surface area contributed by atoms with Crippen LogP contribution in [0.5, 0.6) is 0 Å². The molecule has 4 aromatic rings. The maximum absolute atomic E-state index is 14.6. The smallest absolute Gasteiger partial charge is 0.337 e. The van der Waals surface area contributed by atoms with Crippen molar-refractivity contribution in [3.63, 3.8) is 0 Å². The van der Waals surface area contributed by atoms with Gasteiger partial charge < -0.3 is 20.2 Å². The number of nitrogens with zero attached hydrogens (tertiary/aromatic N) is 5. The first-order valence-corrected chi connectivity index (χ1v) is 13.0. The fourth-order valence-corrected chi connectivity index (χ4v) is 5.21. The van der Waals surface area contributed by atoms with Crippen LogP contribution in [0.2, 0.25) is 0 Å². The number of anilines is 3. The van der Waals surface area contributed by atoms with Crippen LogP contribution in [0, 0.1) is 31.0 Å². The highest BCUT2D eigenvalue weighted by molar-refractivity contribution is 5.94. The second kappa shape index (κ2) is 10.7. The van der Waals surface area contributed by atoms with Crippen molar-refractivity contribution in [3.8, 4) is 6.07 Å². The Bertz CT molecular complexity index is 1720. The molecule has 9 nitrogen and oxygen atoms in total. The number of para-hydroxylation sites is 1. The minimum Gasteiger partial charge on any atom is -0.478 e. The minimum absolute atomic E-state index is 0.157. The normalized spacial score (nSPS) is 14.2. The molecular weight excluding hydrogens is 511 g/mol. The molecule has 10 heteroatoms. The largest absolute Gasteiger partial charge is 0.478 e. The Hall–Kier alpha value is -4.91. The second-order valence-corrected chi connectivity index (χ2v) is 10.0. The summed E-state index contributed by atoms with van der Waals surface area (Å²) in [6, 6.07) is 14.7. The third kappa shape index (κ3) is 4.94. The molecule has 1 aliphatic heterocycles. The molecule has 0 radical (unpaired) electrons. The summed E-state index contributed by atoms with van der Waals surface area (Å²) in [5, 5.41) is 21.9. The summed E-state index contributed by atoms with van der Waals surface area (Å²) in [6.45, 7) is 7.67. The molecule has 1 saturated heterocycles. The first-order valence-electron chi connectivity index (χ1n) is 13.0. The third-order valence-corrected chi connectivity index (χ3v) is 7.28. The van der Waals surface area contributed by atoms with E-state index in [-0.39, 0.29) is 22.7 Å². The number of piperazine rings is 1. The van der Waals surface area contributed by atoms with Crippen molar-refractivity contribution < 1.29 is 14.3 Å². The molecule has 2 aromatic carbocycles.